The molecule has 2 aromatic heterocycles. The molecule has 0 unspecified atom stereocenters. The van der Waals surface area contributed by atoms with Crippen molar-refractivity contribution in [2.75, 3.05) is 13.1 Å². The number of para-hydroxylation sites is 1. The monoisotopic (exact) mass is 449 g/mol. The number of benzene rings is 2. The van der Waals surface area contributed by atoms with Gasteiger partial charge in [-0.3, -0.25) is 9.69 Å². The van der Waals surface area contributed by atoms with Crippen LogP contribution in [0.1, 0.15) is 24.0 Å². The number of nitrogens with one attached hydrogen (secondary N) is 3. The number of aromatic amines is 2. The largest absolute Gasteiger partial charge is 0.361 e. The molecule has 0 radical (unpaired) electrons. The average Bonchev–Trinajstić information content (AvgIpc) is 3.39. The Balaban J connectivity index is 1.13. The summed E-state index contributed by atoms with van der Waals surface area (Å²) in [5, 5.41) is 6.23. The molecule has 6 nitrogen and oxygen atoms in total. The normalized spacial score (nSPS) is 16.6. The van der Waals surface area contributed by atoms with Crippen molar-refractivity contribution in [3.05, 3.63) is 71.0 Å². The van der Waals surface area contributed by atoms with E-state index in [2.05, 4.69) is 32.4 Å². The van der Waals surface area contributed by atoms with Gasteiger partial charge >= 0.3 is 0 Å². The molecule has 1 saturated heterocycles. The summed E-state index contributed by atoms with van der Waals surface area (Å²) in [6.07, 6.45) is 6.40. The second kappa shape index (κ2) is 8.98. The van der Waals surface area contributed by atoms with Gasteiger partial charge in [-0.2, -0.15) is 0 Å². The van der Waals surface area contributed by atoms with E-state index >= 15 is 0 Å². The van der Waals surface area contributed by atoms with E-state index in [1.807, 2.05) is 42.6 Å². The number of hydrogen-bond acceptors (Lipinski definition) is 3. The first-order chi connectivity index (χ1) is 15.6. The smallest absolute Gasteiger partial charge is 0.237 e. The molecule has 2 aromatic carbocycles. The van der Waals surface area contributed by atoms with E-state index in [9.17, 15) is 4.79 Å². The van der Waals surface area contributed by atoms with Gasteiger partial charge in [-0.25, -0.2) is 0 Å². The van der Waals surface area contributed by atoms with Gasteiger partial charge in [-0.1, -0.05) is 29.8 Å². The third-order valence-corrected chi connectivity index (χ3v) is 6.74. The van der Waals surface area contributed by atoms with Crippen LogP contribution in [0.3, 0.4) is 0 Å². The van der Waals surface area contributed by atoms with Gasteiger partial charge < -0.3 is 21.0 Å². The Morgan fingerprint density at radius 2 is 1.78 bits per heavy atom. The predicted molar refractivity (Wildman–Crippen MR) is 130 cm³/mol. The molecule has 5 rings (SSSR count). The molecule has 1 aliphatic rings. The highest BCUT2D eigenvalue weighted by molar-refractivity contribution is 6.31. The van der Waals surface area contributed by atoms with E-state index in [0.29, 0.717) is 6.42 Å². The number of carbonyl (C=O) groups is 1. The third kappa shape index (κ3) is 4.39. The van der Waals surface area contributed by atoms with Crippen molar-refractivity contribution in [3.63, 3.8) is 0 Å². The molecule has 7 heteroatoms. The Hall–Kier alpha value is -2.80. The number of likely N-dealkylation sites (tertiary alicyclic amines) is 1. The van der Waals surface area contributed by atoms with E-state index in [1.165, 1.54) is 10.9 Å². The minimum absolute atomic E-state index is 0.0694. The summed E-state index contributed by atoms with van der Waals surface area (Å²) in [4.78, 5) is 21.7. The minimum atomic E-state index is -0.553. The number of carbonyl (C=O) groups excluding carboxylic acids is 1. The topological polar surface area (TPSA) is 89.9 Å². The van der Waals surface area contributed by atoms with Gasteiger partial charge in [-0.15, -0.1) is 0 Å². The Morgan fingerprint density at radius 1 is 1.06 bits per heavy atom. The van der Waals surface area contributed by atoms with Crippen LogP contribution in [0.15, 0.2) is 54.9 Å². The van der Waals surface area contributed by atoms with E-state index in [4.69, 9.17) is 17.3 Å². The number of H-pyrrole nitrogens is 2. The van der Waals surface area contributed by atoms with Crippen molar-refractivity contribution in [2.24, 2.45) is 5.73 Å². The number of amides is 1. The van der Waals surface area contributed by atoms with Crippen LogP contribution < -0.4 is 11.1 Å². The quantitative estimate of drug-likeness (QED) is 0.359. The fourth-order valence-corrected chi connectivity index (χ4v) is 4.87. The molecule has 1 amide bonds. The fraction of sp³-hybridized carbons (Fsp3) is 0.320. The highest BCUT2D eigenvalue weighted by Crippen LogP contribution is 2.25. The van der Waals surface area contributed by atoms with Crippen LogP contribution in [0.25, 0.3) is 21.8 Å². The van der Waals surface area contributed by atoms with Crippen molar-refractivity contribution < 1.29 is 4.79 Å². The molecule has 0 aliphatic carbocycles. The molecule has 4 aromatic rings. The van der Waals surface area contributed by atoms with Gasteiger partial charge in [0.05, 0.1) is 6.04 Å². The maximum Gasteiger partial charge on any atom is 0.237 e. The summed E-state index contributed by atoms with van der Waals surface area (Å²) in [6, 6.07) is 13.6. The number of rotatable bonds is 6. The highest BCUT2D eigenvalue weighted by atomic mass is 35.5. The molecule has 0 spiro atoms. The van der Waals surface area contributed by atoms with Gasteiger partial charge in [0.25, 0.3) is 0 Å². The number of piperidine rings is 1. The van der Waals surface area contributed by atoms with Gasteiger partial charge in [0.15, 0.2) is 0 Å². The first-order valence-electron chi connectivity index (χ1n) is 11.2. The lowest BCUT2D eigenvalue weighted by Gasteiger charge is -2.32. The van der Waals surface area contributed by atoms with Crippen molar-refractivity contribution in [1.29, 1.82) is 0 Å². The average molecular weight is 450 g/mol. The number of nitrogens with two attached hydrogens (primary N) is 1. The molecule has 0 saturated carbocycles. The summed E-state index contributed by atoms with van der Waals surface area (Å²) in [7, 11) is 0. The zero-order valence-electron chi connectivity index (χ0n) is 17.9. The standard InChI is InChI=1S/C25H28ClN5O/c26-18-5-6-24-21(12-18)17(14-29-24)15-31-9-7-19(8-10-31)30-25(32)22(27)11-16-13-28-23-4-2-1-3-20(16)23/h1-6,12-14,19,22,28-29H,7-11,15,27H2,(H,30,32)/t22-/m0/s1. The fourth-order valence-electron chi connectivity index (χ4n) is 4.70. The molecule has 1 atom stereocenters. The Labute approximate surface area is 192 Å². The van der Waals surface area contributed by atoms with Crippen molar-refractivity contribution in [2.45, 2.75) is 37.9 Å². The zero-order valence-corrected chi connectivity index (χ0v) is 18.7. The second-order valence-electron chi connectivity index (χ2n) is 8.73. The third-order valence-electron chi connectivity index (χ3n) is 6.51. The first kappa shape index (κ1) is 21.1. The lowest BCUT2D eigenvalue weighted by atomic mass is 10.0. The predicted octanol–water partition coefficient (Wildman–Crippen LogP) is 3.95. The second-order valence-corrected chi connectivity index (χ2v) is 9.17. The minimum Gasteiger partial charge on any atom is -0.361 e. The molecule has 1 fully saturated rings. The van der Waals surface area contributed by atoms with Gasteiger partial charge in [-0.05, 0) is 54.7 Å². The molecule has 166 valence electrons. The van der Waals surface area contributed by atoms with Gasteiger partial charge in [0, 0.05) is 64.9 Å². The first-order valence-corrected chi connectivity index (χ1v) is 11.5. The van der Waals surface area contributed by atoms with Crippen LogP contribution in [0.4, 0.5) is 0 Å². The number of nitrogens with zero attached hydrogens (tertiary/aromatic N) is 1. The van der Waals surface area contributed by atoms with Crippen LogP contribution in [0.2, 0.25) is 5.02 Å². The maximum atomic E-state index is 12.7. The number of halogens is 1. The Morgan fingerprint density at radius 3 is 2.59 bits per heavy atom. The van der Waals surface area contributed by atoms with E-state index in [1.54, 1.807) is 0 Å². The molecular weight excluding hydrogens is 422 g/mol. The molecule has 5 N–H and O–H groups in total. The van der Waals surface area contributed by atoms with Crippen LogP contribution in [-0.2, 0) is 17.8 Å². The number of aromatic nitrogens is 2. The van der Waals surface area contributed by atoms with Crippen LogP contribution in [0.5, 0.6) is 0 Å². The van der Waals surface area contributed by atoms with Gasteiger partial charge in [0.1, 0.15) is 0 Å². The van der Waals surface area contributed by atoms with Crippen LogP contribution in [0, 0.1) is 0 Å². The highest BCUT2D eigenvalue weighted by Gasteiger charge is 2.24. The lowest BCUT2D eigenvalue weighted by Crippen LogP contribution is -2.50. The van der Waals surface area contributed by atoms with Crippen molar-refractivity contribution in [1.82, 2.24) is 20.2 Å². The zero-order chi connectivity index (χ0) is 22.1. The number of fused-ring (bicyclic) bond motifs is 2. The van der Waals surface area contributed by atoms with Crippen molar-refractivity contribution >= 4 is 39.3 Å². The van der Waals surface area contributed by atoms with Crippen LogP contribution in [-0.4, -0.2) is 45.9 Å². The molecule has 3 heterocycles. The van der Waals surface area contributed by atoms with E-state index in [0.717, 1.165) is 59.5 Å². The van der Waals surface area contributed by atoms with Gasteiger partial charge in [0.2, 0.25) is 5.91 Å². The molecule has 1 aliphatic heterocycles. The summed E-state index contributed by atoms with van der Waals surface area (Å²) in [5.41, 5.74) is 10.8. The summed E-state index contributed by atoms with van der Waals surface area (Å²) < 4.78 is 0. The van der Waals surface area contributed by atoms with Crippen molar-refractivity contribution in [3.8, 4) is 0 Å². The summed E-state index contributed by atoms with van der Waals surface area (Å²) in [6.45, 7) is 2.76. The van der Waals surface area contributed by atoms with Crippen LogP contribution >= 0.6 is 11.6 Å². The SMILES string of the molecule is N[C@@H](Cc1c[nH]c2ccccc12)C(=O)NC1CCN(Cc2c[nH]c3ccc(Cl)cc23)CC1. The Bertz CT molecular complexity index is 1240. The molecule has 0 bridgehead atoms. The van der Waals surface area contributed by atoms with E-state index < -0.39 is 6.04 Å². The maximum absolute atomic E-state index is 12.7. The van der Waals surface area contributed by atoms with E-state index in [-0.39, 0.29) is 11.9 Å². The summed E-state index contributed by atoms with van der Waals surface area (Å²) >= 11 is 6.18. The lowest BCUT2D eigenvalue weighted by molar-refractivity contribution is -0.123. The Kier molecular flexibility index (Phi) is 5.91. The number of hydrogen-bond donors (Lipinski definition) is 4. The summed E-state index contributed by atoms with van der Waals surface area (Å²) in [5.74, 6) is -0.0694. The molecular formula is C25H28ClN5O. The molecule has 32 heavy (non-hydrogen) atoms.